The standard InChI is InChI=1S/C11H9N3OS2/c12-10(16)7-2-1-3-8(4-7)14-11(15)9-5-13-6-17-9/h1-6H,(H2,12,16)(H,14,15). The van der Waals surface area contributed by atoms with Gasteiger partial charge >= 0.3 is 0 Å². The first-order valence-electron chi connectivity index (χ1n) is 4.76. The maximum Gasteiger partial charge on any atom is 0.267 e. The highest BCUT2D eigenvalue weighted by atomic mass is 32.1. The van der Waals surface area contributed by atoms with Crippen LogP contribution in [-0.4, -0.2) is 15.9 Å². The molecule has 1 amide bonds. The van der Waals surface area contributed by atoms with Gasteiger partial charge in [0.15, 0.2) is 0 Å². The van der Waals surface area contributed by atoms with Crippen LogP contribution < -0.4 is 11.1 Å². The number of thiocarbonyl (C=S) groups is 1. The van der Waals surface area contributed by atoms with Gasteiger partial charge in [0.1, 0.15) is 9.87 Å². The topological polar surface area (TPSA) is 68.0 Å². The maximum atomic E-state index is 11.8. The second kappa shape index (κ2) is 5.03. The van der Waals surface area contributed by atoms with Crippen molar-refractivity contribution in [2.45, 2.75) is 0 Å². The van der Waals surface area contributed by atoms with Crippen LogP contribution >= 0.6 is 23.6 Å². The van der Waals surface area contributed by atoms with Gasteiger partial charge in [-0.2, -0.15) is 0 Å². The highest BCUT2D eigenvalue weighted by Crippen LogP contribution is 2.13. The third-order valence-corrected chi connectivity index (χ3v) is 3.07. The highest BCUT2D eigenvalue weighted by Gasteiger charge is 2.07. The number of benzene rings is 1. The van der Waals surface area contributed by atoms with Crippen LogP contribution in [-0.2, 0) is 0 Å². The normalized spacial score (nSPS) is 9.88. The number of anilines is 1. The molecule has 0 aliphatic carbocycles. The SMILES string of the molecule is NC(=S)c1cccc(NC(=O)c2cncs2)c1. The Morgan fingerprint density at radius 2 is 2.29 bits per heavy atom. The van der Waals surface area contributed by atoms with Gasteiger partial charge in [-0.15, -0.1) is 11.3 Å². The molecule has 0 radical (unpaired) electrons. The fourth-order valence-electron chi connectivity index (χ4n) is 1.27. The summed E-state index contributed by atoms with van der Waals surface area (Å²) in [5.74, 6) is -0.187. The summed E-state index contributed by atoms with van der Waals surface area (Å²) in [4.78, 5) is 16.5. The van der Waals surface area contributed by atoms with Gasteiger partial charge in [-0.25, -0.2) is 0 Å². The zero-order valence-electron chi connectivity index (χ0n) is 8.71. The number of amides is 1. The van der Waals surface area contributed by atoms with Crippen LogP contribution in [0, 0.1) is 0 Å². The average molecular weight is 263 g/mol. The van der Waals surface area contributed by atoms with Gasteiger partial charge in [-0.3, -0.25) is 9.78 Å². The molecule has 0 bridgehead atoms. The van der Waals surface area contributed by atoms with Gasteiger partial charge in [-0.05, 0) is 12.1 Å². The third-order valence-electron chi connectivity index (χ3n) is 2.06. The molecule has 0 aliphatic heterocycles. The van der Waals surface area contributed by atoms with Crippen molar-refractivity contribution < 1.29 is 4.79 Å². The highest BCUT2D eigenvalue weighted by molar-refractivity contribution is 7.80. The lowest BCUT2D eigenvalue weighted by Gasteiger charge is -2.05. The van der Waals surface area contributed by atoms with E-state index in [2.05, 4.69) is 10.3 Å². The first-order chi connectivity index (χ1) is 8.16. The summed E-state index contributed by atoms with van der Waals surface area (Å²) in [6.07, 6.45) is 1.53. The zero-order chi connectivity index (χ0) is 12.3. The molecule has 0 saturated carbocycles. The molecule has 0 fully saturated rings. The van der Waals surface area contributed by atoms with Crippen molar-refractivity contribution in [3.63, 3.8) is 0 Å². The van der Waals surface area contributed by atoms with Crippen molar-refractivity contribution in [3.8, 4) is 0 Å². The number of hydrogen-bond donors (Lipinski definition) is 2. The average Bonchev–Trinajstić information content (AvgIpc) is 2.82. The molecule has 1 aromatic carbocycles. The molecule has 6 heteroatoms. The monoisotopic (exact) mass is 263 g/mol. The van der Waals surface area contributed by atoms with Crippen molar-refractivity contribution in [1.82, 2.24) is 4.98 Å². The number of nitrogens with one attached hydrogen (secondary N) is 1. The number of carbonyl (C=O) groups excluding carboxylic acids is 1. The molecule has 0 aliphatic rings. The molecule has 4 nitrogen and oxygen atoms in total. The molecular formula is C11H9N3OS2. The number of thiazole rings is 1. The van der Waals surface area contributed by atoms with E-state index in [0.29, 0.717) is 15.6 Å². The fourth-order valence-corrected chi connectivity index (χ4v) is 1.91. The van der Waals surface area contributed by atoms with E-state index in [0.717, 1.165) is 5.56 Å². The summed E-state index contributed by atoms with van der Waals surface area (Å²) in [6, 6.07) is 7.10. The van der Waals surface area contributed by atoms with Crippen LogP contribution in [0.3, 0.4) is 0 Å². The lowest BCUT2D eigenvalue weighted by atomic mass is 10.2. The van der Waals surface area contributed by atoms with Gasteiger partial charge in [0.25, 0.3) is 5.91 Å². The predicted molar refractivity (Wildman–Crippen MR) is 72.4 cm³/mol. The van der Waals surface area contributed by atoms with Crippen molar-refractivity contribution >= 4 is 40.1 Å². The minimum atomic E-state index is -0.187. The number of aromatic nitrogens is 1. The molecule has 86 valence electrons. The molecule has 3 N–H and O–H groups in total. The second-order valence-electron chi connectivity index (χ2n) is 3.26. The van der Waals surface area contributed by atoms with Gasteiger partial charge in [0, 0.05) is 11.3 Å². The molecule has 1 heterocycles. The summed E-state index contributed by atoms with van der Waals surface area (Å²) < 4.78 is 0. The van der Waals surface area contributed by atoms with Crippen molar-refractivity contribution in [2.75, 3.05) is 5.32 Å². The summed E-state index contributed by atoms with van der Waals surface area (Å²) >= 11 is 6.16. The van der Waals surface area contributed by atoms with E-state index in [9.17, 15) is 4.79 Å². The summed E-state index contributed by atoms with van der Waals surface area (Å²) in [7, 11) is 0. The Kier molecular flexibility index (Phi) is 3.46. The van der Waals surface area contributed by atoms with Gasteiger partial charge in [0.05, 0.1) is 11.7 Å². The van der Waals surface area contributed by atoms with E-state index in [-0.39, 0.29) is 5.91 Å². The van der Waals surface area contributed by atoms with E-state index in [1.807, 2.05) is 0 Å². The molecule has 2 rings (SSSR count). The number of nitrogens with two attached hydrogens (primary N) is 1. The minimum Gasteiger partial charge on any atom is -0.389 e. The quantitative estimate of drug-likeness (QED) is 0.831. The van der Waals surface area contributed by atoms with E-state index in [1.165, 1.54) is 17.5 Å². The van der Waals surface area contributed by atoms with Crippen molar-refractivity contribution in [2.24, 2.45) is 5.73 Å². The van der Waals surface area contributed by atoms with Crippen LogP contribution in [0.5, 0.6) is 0 Å². The Balaban J connectivity index is 2.16. The van der Waals surface area contributed by atoms with Gasteiger partial charge < -0.3 is 11.1 Å². The largest absolute Gasteiger partial charge is 0.389 e. The molecule has 1 aromatic heterocycles. The number of rotatable bonds is 3. The van der Waals surface area contributed by atoms with Crippen molar-refractivity contribution in [3.05, 3.63) is 46.4 Å². The first-order valence-corrected chi connectivity index (χ1v) is 6.05. The Morgan fingerprint density at radius 1 is 1.47 bits per heavy atom. The Hall–Kier alpha value is -1.79. The number of nitrogens with zero attached hydrogens (tertiary/aromatic N) is 1. The van der Waals surface area contributed by atoms with Crippen LogP contribution in [0.1, 0.15) is 15.2 Å². The van der Waals surface area contributed by atoms with E-state index in [1.54, 1.807) is 29.8 Å². The molecule has 0 unspecified atom stereocenters. The number of carbonyl (C=O) groups is 1. The third kappa shape index (κ3) is 2.86. The van der Waals surface area contributed by atoms with E-state index < -0.39 is 0 Å². The minimum absolute atomic E-state index is 0.187. The van der Waals surface area contributed by atoms with Crippen molar-refractivity contribution in [1.29, 1.82) is 0 Å². The number of hydrogen-bond acceptors (Lipinski definition) is 4. The van der Waals surface area contributed by atoms with E-state index >= 15 is 0 Å². The van der Waals surface area contributed by atoms with Crippen LogP contribution in [0.25, 0.3) is 0 Å². The van der Waals surface area contributed by atoms with Crippen LogP contribution in [0.2, 0.25) is 0 Å². The zero-order valence-corrected chi connectivity index (χ0v) is 10.3. The summed E-state index contributed by atoms with van der Waals surface area (Å²) in [6.45, 7) is 0. The molecule has 0 spiro atoms. The Bertz CT molecular complexity index is 552. The molecule has 0 saturated heterocycles. The maximum absolute atomic E-state index is 11.8. The lowest BCUT2D eigenvalue weighted by Crippen LogP contribution is -2.12. The van der Waals surface area contributed by atoms with E-state index in [4.69, 9.17) is 18.0 Å². The summed E-state index contributed by atoms with van der Waals surface area (Å²) in [5, 5.41) is 2.76. The molecule has 17 heavy (non-hydrogen) atoms. The Morgan fingerprint density at radius 3 is 2.94 bits per heavy atom. The van der Waals surface area contributed by atoms with Gasteiger partial charge in [-0.1, -0.05) is 24.4 Å². The first kappa shape index (κ1) is 11.7. The van der Waals surface area contributed by atoms with Crippen LogP contribution in [0.4, 0.5) is 5.69 Å². The summed E-state index contributed by atoms with van der Waals surface area (Å²) in [5.41, 5.74) is 8.52. The molecular weight excluding hydrogens is 254 g/mol. The van der Waals surface area contributed by atoms with Gasteiger partial charge in [0.2, 0.25) is 0 Å². The molecule has 2 aromatic rings. The lowest BCUT2D eigenvalue weighted by molar-refractivity contribution is 0.103. The predicted octanol–water partition coefficient (Wildman–Crippen LogP) is 2.03. The molecule has 0 atom stereocenters. The Labute approximate surface area is 107 Å². The smallest absolute Gasteiger partial charge is 0.267 e. The van der Waals surface area contributed by atoms with Crippen LogP contribution in [0.15, 0.2) is 36.0 Å². The fraction of sp³-hybridized carbons (Fsp3) is 0. The second-order valence-corrected chi connectivity index (χ2v) is 4.59.